The number of thiazole rings is 1. The van der Waals surface area contributed by atoms with E-state index in [2.05, 4.69) is 10.3 Å². The van der Waals surface area contributed by atoms with E-state index in [1.54, 1.807) is 0 Å². The van der Waals surface area contributed by atoms with Crippen LogP contribution >= 0.6 is 19.1 Å². The lowest BCUT2D eigenvalue weighted by Gasteiger charge is -2.05. The normalized spacial score (nSPS) is 11.2. The van der Waals surface area contributed by atoms with Gasteiger partial charge in [0.2, 0.25) is 0 Å². The van der Waals surface area contributed by atoms with Gasteiger partial charge in [-0.3, -0.25) is 5.32 Å². The standard InChI is InChI=1S/C11H12N3O4PS/c1-7-9(8-5-3-2-4-6-8)12-11(20-7)13-10(15)14-19(16,17)18/h2-6H,1H3,(H4,12,13,14,15,16,17,18). The molecule has 0 aliphatic heterocycles. The van der Waals surface area contributed by atoms with Crippen LogP contribution < -0.4 is 10.4 Å². The van der Waals surface area contributed by atoms with E-state index in [4.69, 9.17) is 9.79 Å². The summed E-state index contributed by atoms with van der Waals surface area (Å²) in [6, 6.07) is 8.43. The van der Waals surface area contributed by atoms with Gasteiger partial charge in [-0.05, 0) is 6.92 Å². The van der Waals surface area contributed by atoms with Gasteiger partial charge in [-0.1, -0.05) is 30.3 Å². The van der Waals surface area contributed by atoms with Gasteiger partial charge in [0.15, 0.2) is 5.13 Å². The molecule has 2 aromatic rings. The van der Waals surface area contributed by atoms with Crippen molar-refractivity contribution in [1.82, 2.24) is 10.1 Å². The number of aromatic nitrogens is 1. The Labute approximate surface area is 118 Å². The molecule has 9 heteroatoms. The molecule has 0 aliphatic carbocycles. The first-order chi connectivity index (χ1) is 9.35. The number of carbonyl (C=O) groups is 1. The molecule has 0 atom stereocenters. The quantitative estimate of drug-likeness (QED) is 0.650. The van der Waals surface area contributed by atoms with E-state index in [0.29, 0.717) is 0 Å². The molecule has 7 nitrogen and oxygen atoms in total. The molecule has 4 N–H and O–H groups in total. The summed E-state index contributed by atoms with van der Waals surface area (Å²) in [4.78, 5) is 33.7. The molecule has 0 bridgehead atoms. The van der Waals surface area contributed by atoms with Gasteiger partial charge in [-0.15, -0.1) is 11.3 Å². The van der Waals surface area contributed by atoms with Crippen molar-refractivity contribution in [3.05, 3.63) is 35.2 Å². The maximum absolute atomic E-state index is 11.3. The number of amides is 2. The van der Waals surface area contributed by atoms with E-state index in [-0.39, 0.29) is 5.13 Å². The van der Waals surface area contributed by atoms with Crippen LogP contribution in [0.2, 0.25) is 0 Å². The monoisotopic (exact) mass is 313 g/mol. The molecule has 0 saturated heterocycles. The lowest BCUT2D eigenvalue weighted by molar-refractivity contribution is 0.253. The average Bonchev–Trinajstić information content (AvgIpc) is 2.68. The molecule has 0 radical (unpaired) electrons. The van der Waals surface area contributed by atoms with E-state index >= 15 is 0 Å². The van der Waals surface area contributed by atoms with Crippen LogP contribution in [0.25, 0.3) is 11.3 Å². The number of nitrogens with zero attached hydrogens (tertiary/aromatic N) is 1. The van der Waals surface area contributed by atoms with Gasteiger partial charge < -0.3 is 9.79 Å². The van der Waals surface area contributed by atoms with E-state index in [9.17, 15) is 9.36 Å². The zero-order valence-electron chi connectivity index (χ0n) is 10.4. The van der Waals surface area contributed by atoms with Crippen molar-refractivity contribution in [2.75, 3.05) is 5.32 Å². The van der Waals surface area contributed by atoms with E-state index < -0.39 is 13.8 Å². The van der Waals surface area contributed by atoms with Crippen LogP contribution in [0.4, 0.5) is 9.93 Å². The molecule has 0 saturated carbocycles. The summed E-state index contributed by atoms with van der Waals surface area (Å²) in [5.74, 6) is 0. The topological polar surface area (TPSA) is 112 Å². The van der Waals surface area contributed by atoms with Crippen LogP contribution in [-0.4, -0.2) is 20.8 Å². The van der Waals surface area contributed by atoms with Crippen molar-refractivity contribution < 1.29 is 19.1 Å². The Morgan fingerprint density at radius 3 is 2.55 bits per heavy atom. The number of benzene rings is 1. The van der Waals surface area contributed by atoms with Crippen LogP contribution in [0.15, 0.2) is 30.3 Å². The molecule has 2 amide bonds. The minimum Gasteiger partial charge on any atom is -0.308 e. The average molecular weight is 313 g/mol. The SMILES string of the molecule is Cc1sc(NC(=O)NP(=O)(O)O)nc1-c1ccccc1. The second-order valence-corrected chi connectivity index (χ2v) is 6.41. The minimum atomic E-state index is -4.61. The third kappa shape index (κ3) is 3.88. The third-order valence-electron chi connectivity index (χ3n) is 2.31. The maximum atomic E-state index is 11.3. The summed E-state index contributed by atoms with van der Waals surface area (Å²) in [6.45, 7) is 1.85. The highest BCUT2D eigenvalue weighted by atomic mass is 32.1. The number of anilines is 1. The molecule has 0 unspecified atom stereocenters. The Bertz CT molecular complexity index is 668. The zero-order valence-corrected chi connectivity index (χ0v) is 12.1. The fourth-order valence-electron chi connectivity index (χ4n) is 1.57. The van der Waals surface area contributed by atoms with E-state index in [0.717, 1.165) is 16.1 Å². The van der Waals surface area contributed by atoms with E-state index in [1.807, 2.05) is 37.3 Å². The highest BCUT2D eigenvalue weighted by Crippen LogP contribution is 2.31. The summed E-state index contributed by atoms with van der Waals surface area (Å²) in [5, 5.41) is 4.08. The molecular weight excluding hydrogens is 301 g/mol. The first kappa shape index (κ1) is 14.7. The van der Waals surface area contributed by atoms with Gasteiger partial charge in [-0.25, -0.2) is 19.4 Å². The summed E-state index contributed by atoms with van der Waals surface area (Å²) in [5.41, 5.74) is 1.63. The summed E-state index contributed by atoms with van der Waals surface area (Å²) >= 11 is 1.23. The number of hydrogen-bond acceptors (Lipinski definition) is 4. The van der Waals surface area contributed by atoms with Crippen molar-refractivity contribution in [3.63, 3.8) is 0 Å². The van der Waals surface area contributed by atoms with Crippen LogP contribution in [0.1, 0.15) is 4.88 Å². The van der Waals surface area contributed by atoms with Crippen LogP contribution in [0.3, 0.4) is 0 Å². The number of urea groups is 1. The van der Waals surface area contributed by atoms with Crippen LogP contribution in [0, 0.1) is 6.92 Å². The third-order valence-corrected chi connectivity index (χ3v) is 3.69. The van der Waals surface area contributed by atoms with Crippen molar-refractivity contribution in [3.8, 4) is 11.3 Å². The van der Waals surface area contributed by atoms with Crippen molar-refractivity contribution in [2.45, 2.75) is 6.92 Å². The van der Waals surface area contributed by atoms with Crippen LogP contribution in [0.5, 0.6) is 0 Å². The fourth-order valence-corrected chi connectivity index (χ4v) is 2.72. The molecule has 2 rings (SSSR count). The Balaban J connectivity index is 2.16. The lowest BCUT2D eigenvalue weighted by Crippen LogP contribution is -2.25. The van der Waals surface area contributed by atoms with Gasteiger partial charge in [0.1, 0.15) is 0 Å². The second-order valence-electron chi connectivity index (χ2n) is 3.90. The fraction of sp³-hybridized carbons (Fsp3) is 0.0909. The molecule has 1 aromatic heterocycles. The number of aryl methyl sites for hydroxylation is 1. The Kier molecular flexibility index (Phi) is 4.20. The smallest absolute Gasteiger partial charge is 0.308 e. The highest BCUT2D eigenvalue weighted by Gasteiger charge is 2.18. The van der Waals surface area contributed by atoms with Crippen molar-refractivity contribution in [1.29, 1.82) is 0 Å². The molecule has 1 aromatic carbocycles. The summed E-state index contributed by atoms with van der Waals surface area (Å²) in [7, 11) is -4.61. The van der Waals surface area contributed by atoms with Gasteiger partial charge in [0.05, 0.1) is 5.69 Å². The second kappa shape index (κ2) is 5.72. The molecule has 0 aliphatic rings. The van der Waals surface area contributed by atoms with E-state index in [1.165, 1.54) is 16.4 Å². The largest absolute Gasteiger partial charge is 0.431 e. The number of carbonyl (C=O) groups excluding carboxylic acids is 1. The Morgan fingerprint density at radius 2 is 1.95 bits per heavy atom. The molecule has 0 spiro atoms. The Morgan fingerprint density at radius 1 is 1.30 bits per heavy atom. The summed E-state index contributed by atoms with van der Waals surface area (Å²) in [6.07, 6.45) is 0. The molecule has 20 heavy (non-hydrogen) atoms. The minimum absolute atomic E-state index is 0.271. The van der Waals surface area contributed by atoms with Gasteiger partial charge in [-0.2, -0.15) is 0 Å². The van der Waals surface area contributed by atoms with Crippen LogP contribution in [-0.2, 0) is 4.57 Å². The molecule has 1 heterocycles. The van der Waals surface area contributed by atoms with Crippen molar-refractivity contribution in [2.24, 2.45) is 0 Å². The number of nitrogens with one attached hydrogen (secondary N) is 2. The number of hydrogen-bond donors (Lipinski definition) is 4. The van der Waals surface area contributed by atoms with Gasteiger partial charge in [0, 0.05) is 10.4 Å². The first-order valence-corrected chi connectivity index (χ1v) is 7.96. The predicted molar refractivity (Wildman–Crippen MR) is 76.5 cm³/mol. The molecule has 0 fully saturated rings. The predicted octanol–water partition coefficient (Wildman–Crippen LogP) is 2.33. The Hall–Kier alpha value is -1.73. The highest BCUT2D eigenvalue weighted by molar-refractivity contribution is 7.50. The lowest BCUT2D eigenvalue weighted by atomic mass is 10.1. The zero-order chi connectivity index (χ0) is 14.8. The molecule has 106 valence electrons. The summed E-state index contributed by atoms with van der Waals surface area (Å²) < 4.78 is 10.6. The van der Waals surface area contributed by atoms with Gasteiger partial charge >= 0.3 is 13.8 Å². The van der Waals surface area contributed by atoms with Gasteiger partial charge in [0.25, 0.3) is 0 Å². The molecular formula is C11H12N3O4PS. The van der Waals surface area contributed by atoms with Crippen molar-refractivity contribution >= 4 is 30.2 Å². The first-order valence-electron chi connectivity index (χ1n) is 5.53. The number of rotatable bonds is 3. The maximum Gasteiger partial charge on any atom is 0.431 e.